The summed E-state index contributed by atoms with van der Waals surface area (Å²) in [6, 6.07) is 0. The van der Waals surface area contributed by atoms with Crippen molar-refractivity contribution in [2.75, 3.05) is 13.7 Å². The van der Waals surface area contributed by atoms with Crippen LogP contribution in [0.2, 0.25) is 0 Å². The Labute approximate surface area is 101 Å². The van der Waals surface area contributed by atoms with Crippen molar-refractivity contribution in [3.05, 3.63) is 0 Å². The second-order valence-electron chi connectivity index (χ2n) is 4.40. The van der Waals surface area contributed by atoms with Crippen LogP contribution in [-0.2, 0) is 14.3 Å². The van der Waals surface area contributed by atoms with Gasteiger partial charge in [-0.25, -0.2) is 4.79 Å². The van der Waals surface area contributed by atoms with Gasteiger partial charge in [0, 0.05) is 13.7 Å². The monoisotopic (exact) mass is 244 g/mol. The van der Waals surface area contributed by atoms with Crippen molar-refractivity contribution in [3.8, 4) is 0 Å². The fourth-order valence-corrected chi connectivity index (χ4v) is 2.17. The van der Waals surface area contributed by atoms with Gasteiger partial charge >= 0.3 is 5.97 Å². The Morgan fingerprint density at radius 1 is 1.41 bits per heavy atom. The number of amides is 1. The minimum atomic E-state index is -1.14. The predicted octanol–water partition coefficient (Wildman–Crippen LogP) is -0.136. The third kappa shape index (κ3) is 3.17. The van der Waals surface area contributed by atoms with E-state index in [2.05, 4.69) is 5.32 Å². The van der Waals surface area contributed by atoms with E-state index in [9.17, 15) is 14.7 Å². The molecule has 0 saturated heterocycles. The first-order valence-electron chi connectivity index (χ1n) is 5.84. The first-order chi connectivity index (χ1) is 8.05. The van der Waals surface area contributed by atoms with Crippen molar-refractivity contribution in [2.24, 2.45) is 5.73 Å². The molecule has 1 aliphatic rings. The smallest absolute Gasteiger partial charge is 0.329 e. The largest absolute Gasteiger partial charge is 0.480 e. The van der Waals surface area contributed by atoms with Crippen LogP contribution in [0.1, 0.15) is 32.1 Å². The molecule has 6 heteroatoms. The number of nitrogens with two attached hydrogens (primary N) is 1. The molecule has 1 aliphatic carbocycles. The lowest BCUT2D eigenvalue weighted by molar-refractivity contribution is -0.151. The van der Waals surface area contributed by atoms with Crippen molar-refractivity contribution in [1.29, 1.82) is 0 Å². The summed E-state index contributed by atoms with van der Waals surface area (Å²) < 4.78 is 4.90. The highest BCUT2D eigenvalue weighted by molar-refractivity contribution is 5.89. The summed E-state index contributed by atoms with van der Waals surface area (Å²) in [6.07, 6.45) is 2.78. The topological polar surface area (TPSA) is 102 Å². The van der Waals surface area contributed by atoms with Crippen LogP contribution in [-0.4, -0.2) is 42.3 Å². The molecule has 6 nitrogen and oxygen atoms in total. The van der Waals surface area contributed by atoms with E-state index in [-0.39, 0.29) is 6.54 Å². The third-order valence-electron chi connectivity index (χ3n) is 3.27. The number of carbonyl (C=O) groups is 2. The standard InChI is InChI=1S/C11H20N2O4/c1-17-8(7-12)9(14)13-11(10(15)16)5-3-2-4-6-11/h8H,2-7,12H2,1H3,(H,13,14)(H,15,16). The second kappa shape index (κ2) is 5.97. The minimum Gasteiger partial charge on any atom is -0.480 e. The summed E-state index contributed by atoms with van der Waals surface area (Å²) >= 11 is 0. The highest BCUT2D eigenvalue weighted by Gasteiger charge is 2.41. The van der Waals surface area contributed by atoms with Crippen LogP contribution in [0.4, 0.5) is 0 Å². The maximum absolute atomic E-state index is 11.8. The molecule has 98 valence electrons. The van der Waals surface area contributed by atoms with Crippen molar-refractivity contribution >= 4 is 11.9 Å². The van der Waals surface area contributed by atoms with E-state index < -0.39 is 23.5 Å². The predicted molar refractivity (Wildman–Crippen MR) is 61.4 cm³/mol. The number of ether oxygens (including phenoxy) is 1. The van der Waals surface area contributed by atoms with E-state index in [0.29, 0.717) is 12.8 Å². The first-order valence-corrected chi connectivity index (χ1v) is 5.84. The van der Waals surface area contributed by atoms with Gasteiger partial charge in [-0.2, -0.15) is 0 Å². The second-order valence-corrected chi connectivity index (χ2v) is 4.40. The SMILES string of the molecule is COC(CN)C(=O)NC1(C(=O)O)CCCCC1. The molecule has 1 amide bonds. The average Bonchev–Trinajstić information content (AvgIpc) is 2.31. The number of nitrogens with one attached hydrogen (secondary N) is 1. The maximum Gasteiger partial charge on any atom is 0.329 e. The number of hydrogen-bond donors (Lipinski definition) is 3. The molecule has 0 bridgehead atoms. The maximum atomic E-state index is 11.8. The van der Waals surface area contributed by atoms with Gasteiger partial charge in [-0.3, -0.25) is 4.79 Å². The summed E-state index contributed by atoms with van der Waals surface area (Å²) in [5.74, 6) is -1.42. The Kier molecular flexibility index (Phi) is 4.89. The Morgan fingerprint density at radius 2 is 2.00 bits per heavy atom. The molecule has 1 fully saturated rings. The zero-order chi connectivity index (χ0) is 12.9. The van der Waals surface area contributed by atoms with E-state index >= 15 is 0 Å². The van der Waals surface area contributed by atoms with Crippen molar-refractivity contribution in [2.45, 2.75) is 43.7 Å². The molecule has 1 atom stereocenters. The lowest BCUT2D eigenvalue weighted by Crippen LogP contribution is -2.58. The van der Waals surface area contributed by atoms with Gasteiger partial charge < -0.3 is 20.9 Å². The lowest BCUT2D eigenvalue weighted by atomic mass is 9.81. The average molecular weight is 244 g/mol. The Hall–Kier alpha value is -1.14. The molecule has 0 aromatic carbocycles. The summed E-state index contributed by atoms with van der Waals surface area (Å²) in [4.78, 5) is 23.1. The van der Waals surface area contributed by atoms with Crippen LogP contribution in [0.5, 0.6) is 0 Å². The normalized spacial score (nSPS) is 20.6. The Bertz CT molecular complexity index is 283. The third-order valence-corrected chi connectivity index (χ3v) is 3.27. The molecule has 0 radical (unpaired) electrons. The number of carbonyl (C=O) groups excluding carboxylic acids is 1. The summed E-state index contributed by atoms with van der Waals surface area (Å²) in [5.41, 5.74) is 4.24. The molecule has 0 aliphatic heterocycles. The van der Waals surface area contributed by atoms with E-state index in [0.717, 1.165) is 19.3 Å². The molecule has 4 N–H and O–H groups in total. The van der Waals surface area contributed by atoms with E-state index in [1.807, 2.05) is 0 Å². The molecule has 0 aromatic heterocycles. The van der Waals surface area contributed by atoms with Crippen LogP contribution in [0.15, 0.2) is 0 Å². The zero-order valence-electron chi connectivity index (χ0n) is 10.1. The van der Waals surface area contributed by atoms with E-state index in [1.54, 1.807) is 0 Å². The molecule has 0 aromatic rings. The molecular formula is C11H20N2O4. The molecule has 1 saturated carbocycles. The van der Waals surface area contributed by atoms with Gasteiger partial charge in [0.1, 0.15) is 11.6 Å². The molecule has 0 heterocycles. The summed E-state index contributed by atoms with van der Waals surface area (Å²) in [6.45, 7) is 0.0397. The number of hydrogen-bond acceptors (Lipinski definition) is 4. The van der Waals surface area contributed by atoms with Gasteiger partial charge in [0.25, 0.3) is 5.91 Å². The van der Waals surface area contributed by atoms with Gasteiger partial charge in [-0.15, -0.1) is 0 Å². The van der Waals surface area contributed by atoms with E-state index in [4.69, 9.17) is 10.5 Å². The Balaban J connectivity index is 2.73. The summed E-state index contributed by atoms with van der Waals surface area (Å²) in [5, 5.41) is 11.9. The number of methoxy groups -OCH3 is 1. The molecule has 17 heavy (non-hydrogen) atoms. The van der Waals surface area contributed by atoms with E-state index in [1.165, 1.54) is 7.11 Å². The fourth-order valence-electron chi connectivity index (χ4n) is 2.17. The quantitative estimate of drug-likeness (QED) is 0.625. The van der Waals surface area contributed by atoms with Crippen molar-refractivity contribution < 1.29 is 19.4 Å². The van der Waals surface area contributed by atoms with Gasteiger partial charge in [0.15, 0.2) is 0 Å². The molecular weight excluding hydrogens is 224 g/mol. The highest BCUT2D eigenvalue weighted by Crippen LogP contribution is 2.28. The number of carboxylic acids is 1. The number of rotatable bonds is 5. The van der Waals surface area contributed by atoms with Crippen LogP contribution >= 0.6 is 0 Å². The zero-order valence-corrected chi connectivity index (χ0v) is 10.1. The number of carboxylic acid groups (broad SMARTS) is 1. The Morgan fingerprint density at radius 3 is 2.41 bits per heavy atom. The summed E-state index contributed by atoms with van der Waals surface area (Å²) in [7, 11) is 1.38. The number of aliphatic carboxylic acids is 1. The van der Waals surface area contributed by atoms with Gasteiger partial charge in [0.2, 0.25) is 0 Å². The van der Waals surface area contributed by atoms with Gasteiger partial charge in [-0.05, 0) is 12.8 Å². The minimum absolute atomic E-state index is 0.0397. The van der Waals surface area contributed by atoms with Crippen LogP contribution < -0.4 is 11.1 Å². The first kappa shape index (κ1) is 13.9. The van der Waals surface area contributed by atoms with Crippen molar-refractivity contribution in [1.82, 2.24) is 5.32 Å². The van der Waals surface area contributed by atoms with Crippen LogP contribution in [0, 0.1) is 0 Å². The van der Waals surface area contributed by atoms with Gasteiger partial charge in [-0.1, -0.05) is 19.3 Å². The fraction of sp³-hybridized carbons (Fsp3) is 0.818. The van der Waals surface area contributed by atoms with Crippen LogP contribution in [0.3, 0.4) is 0 Å². The van der Waals surface area contributed by atoms with Gasteiger partial charge in [0.05, 0.1) is 0 Å². The molecule has 1 unspecified atom stereocenters. The van der Waals surface area contributed by atoms with Crippen LogP contribution in [0.25, 0.3) is 0 Å². The lowest BCUT2D eigenvalue weighted by Gasteiger charge is -2.34. The molecule has 0 spiro atoms. The van der Waals surface area contributed by atoms with Crippen molar-refractivity contribution in [3.63, 3.8) is 0 Å². The highest BCUT2D eigenvalue weighted by atomic mass is 16.5. The molecule has 1 rings (SSSR count).